The van der Waals surface area contributed by atoms with E-state index in [0.717, 1.165) is 16.7 Å². The van der Waals surface area contributed by atoms with E-state index >= 15 is 0 Å². The van der Waals surface area contributed by atoms with Crippen molar-refractivity contribution in [3.63, 3.8) is 0 Å². The quantitative estimate of drug-likeness (QED) is 0.747. The molecule has 0 amide bonds. The molecule has 1 unspecified atom stereocenters. The van der Waals surface area contributed by atoms with Gasteiger partial charge in [0, 0.05) is 0 Å². The van der Waals surface area contributed by atoms with Gasteiger partial charge in [-0.25, -0.2) is 0 Å². The molecule has 0 radical (unpaired) electrons. The van der Waals surface area contributed by atoms with E-state index in [4.69, 9.17) is 0 Å². The molecule has 0 saturated carbocycles. The minimum Gasteiger partial charge on any atom is -0.507 e. The Balaban J connectivity index is 2.38. The first-order chi connectivity index (χ1) is 11.6. The van der Waals surface area contributed by atoms with Crippen LogP contribution in [0.25, 0.3) is 0 Å². The molecule has 0 aliphatic heterocycles. The fraction of sp³-hybridized carbons (Fsp3) is 0.435. The number of hydrogen-bond donors (Lipinski definition) is 1. The standard InChI is InChI=1S/C23H29NO/c1-16-10-12-17(13-11-16)18(15-24)14-23(5,6)20-9-7-8-19(21(20)25)22(2,3)4/h7-13,18,25H,14H2,1-6H3. The third-order valence-corrected chi connectivity index (χ3v) is 4.92. The number of hydrogen-bond acceptors (Lipinski definition) is 2. The molecule has 2 heteroatoms. The van der Waals surface area contributed by atoms with Gasteiger partial charge in [0.1, 0.15) is 5.75 Å². The zero-order valence-corrected chi connectivity index (χ0v) is 16.2. The molecule has 0 aliphatic rings. The smallest absolute Gasteiger partial charge is 0.123 e. The van der Waals surface area contributed by atoms with Crippen LogP contribution >= 0.6 is 0 Å². The molecule has 0 spiro atoms. The highest BCUT2D eigenvalue weighted by atomic mass is 16.3. The van der Waals surface area contributed by atoms with Crippen LogP contribution in [0.5, 0.6) is 5.75 Å². The zero-order valence-electron chi connectivity index (χ0n) is 16.2. The summed E-state index contributed by atoms with van der Waals surface area (Å²) >= 11 is 0. The second-order valence-electron chi connectivity index (χ2n) is 8.63. The molecule has 2 nitrogen and oxygen atoms in total. The van der Waals surface area contributed by atoms with Gasteiger partial charge in [-0.2, -0.15) is 5.26 Å². The zero-order chi connectivity index (χ0) is 18.8. The number of phenols is 1. The second kappa shape index (κ2) is 6.92. The highest BCUT2D eigenvalue weighted by Crippen LogP contribution is 2.42. The maximum absolute atomic E-state index is 10.9. The largest absolute Gasteiger partial charge is 0.507 e. The SMILES string of the molecule is Cc1ccc(C(C#N)CC(C)(C)c2cccc(C(C)(C)C)c2O)cc1. The van der Waals surface area contributed by atoms with Crippen molar-refractivity contribution in [3.8, 4) is 11.8 Å². The van der Waals surface area contributed by atoms with Crippen molar-refractivity contribution in [3.05, 3.63) is 64.7 Å². The predicted octanol–water partition coefficient (Wildman–Crippen LogP) is 5.97. The first kappa shape index (κ1) is 19.1. The normalized spacial score (nSPS) is 13.3. The van der Waals surface area contributed by atoms with Crippen molar-refractivity contribution in [2.24, 2.45) is 0 Å². The van der Waals surface area contributed by atoms with E-state index < -0.39 is 0 Å². The van der Waals surface area contributed by atoms with Gasteiger partial charge in [-0.1, -0.05) is 82.6 Å². The van der Waals surface area contributed by atoms with Crippen LogP contribution in [0.2, 0.25) is 0 Å². The van der Waals surface area contributed by atoms with Crippen molar-refractivity contribution in [1.82, 2.24) is 0 Å². The van der Waals surface area contributed by atoms with Crippen LogP contribution in [0.3, 0.4) is 0 Å². The maximum atomic E-state index is 10.9. The van der Waals surface area contributed by atoms with Gasteiger partial charge in [-0.05, 0) is 40.9 Å². The van der Waals surface area contributed by atoms with Gasteiger partial charge >= 0.3 is 0 Å². The lowest BCUT2D eigenvalue weighted by molar-refractivity contribution is 0.398. The van der Waals surface area contributed by atoms with E-state index in [1.807, 2.05) is 49.4 Å². The fourth-order valence-electron chi connectivity index (χ4n) is 3.35. The Kier molecular flexibility index (Phi) is 5.28. The Labute approximate surface area is 152 Å². The molecule has 25 heavy (non-hydrogen) atoms. The molecule has 0 heterocycles. The van der Waals surface area contributed by atoms with Crippen LogP contribution in [0.15, 0.2) is 42.5 Å². The number of phenolic OH excluding ortho intramolecular Hbond substituents is 1. The summed E-state index contributed by atoms with van der Waals surface area (Å²) in [7, 11) is 0. The molecular weight excluding hydrogens is 306 g/mol. The topological polar surface area (TPSA) is 44.0 Å². The van der Waals surface area contributed by atoms with Crippen molar-refractivity contribution in [2.75, 3.05) is 0 Å². The molecule has 0 saturated heterocycles. The number of aromatic hydroxyl groups is 1. The minimum atomic E-state index is -0.309. The third-order valence-electron chi connectivity index (χ3n) is 4.92. The Morgan fingerprint density at radius 1 is 0.960 bits per heavy atom. The lowest BCUT2D eigenvalue weighted by atomic mass is 9.73. The number of aryl methyl sites for hydroxylation is 1. The first-order valence-corrected chi connectivity index (χ1v) is 8.85. The number of para-hydroxylation sites is 1. The fourth-order valence-corrected chi connectivity index (χ4v) is 3.35. The van der Waals surface area contributed by atoms with E-state index in [9.17, 15) is 10.4 Å². The van der Waals surface area contributed by atoms with Gasteiger partial charge in [0.15, 0.2) is 0 Å². The molecule has 1 atom stereocenters. The number of benzene rings is 2. The van der Waals surface area contributed by atoms with Crippen LogP contribution in [0, 0.1) is 18.3 Å². The molecule has 0 bridgehead atoms. The maximum Gasteiger partial charge on any atom is 0.123 e. The number of rotatable bonds is 4. The Bertz CT molecular complexity index is 773. The Morgan fingerprint density at radius 2 is 1.52 bits per heavy atom. The van der Waals surface area contributed by atoms with Gasteiger partial charge < -0.3 is 5.11 Å². The summed E-state index contributed by atoms with van der Waals surface area (Å²) in [5.74, 6) is 0.161. The van der Waals surface area contributed by atoms with E-state index in [1.165, 1.54) is 5.56 Å². The van der Waals surface area contributed by atoms with Crippen molar-refractivity contribution < 1.29 is 5.11 Å². The summed E-state index contributed by atoms with van der Waals surface area (Å²) in [6, 6.07) is 16.6. The van der Waals surface area contributed by atoms with Gasteiger partial charge in [-0.3, -0.25) is 0 Å². The minimum absolute atomic E-state index is 0.123. The summed E-state index contributed by atoms with van der Waals surface area (Å²) in [6.07, 6.45) is 0.660. The molecule has 2 rings (SSSR count). The molecule has 0 aromatic heterocycles. The molecule has 1 N–H and O–H groups in total. The molecule has 0 aliphatic carbocycles. The van der Waals surface area contributed by atoms with Crippen molar-refractivity contribution in [1.29, 1.82) is 5.26 Å². The molecule has 2 aromatic rings. The molecule has 2 aromatic carbocycles. The van der Waals surface area contributed by atoms with Crippen molar-refractivity contribution in [2.45, 2.75) is 64.7 Å². The third kappa shape index (κ3) is 4.23. The average molecular weight is 335 g/mol. The van der Waals surface area contributed by atoms with Crippen LogP contribution in [0.1, 0.15) is 69.2 Å². The van der Waals surface area contributed by atoms with E-state index in [-0.39, 0.29) is 16.7 Å². The van der Waals surface area contributed by atoms with Gasteiger partial charge in [-0.15, -0.1) is 0 Å². The van der Waals surface area contributed by atoms with Gasteiger partial charge in [0.05, 0.1) is 12.0 Å². The lowest BCUT2D eigenvalue weighted by Gasteiger charge is -2.31. The van der Waals surface area contributed by atoms with Crippen LogP contribution in [-0.4, -0.2) is 5.11 Å². The van der Waals surface area contributed by atoms with Gasteiger partial charge in [0.2, 0.25) is 0 Å². The van der Waals surface area contributed by atoms with E-state index in [0.29, 0.717) is 12.2 Å². The average Bonchev–Trinajstić information content (AvgIpc) is 2.52. The lowest BCUT2D eigenvalue weighted by Crippen LogP contribution is -2.22. The van der Waals surface area contributed by atoms with Crippen LogP contribution in [-0.2, 0) is 10.8 Å². The monoisotopic (exact) mass is 335 g/mol. The highest BCUT2D eigenvalue weighted by molar-refractivity contribution is 5.47. The summed E-state index contributed by atoms with van der Waals surface area (Å²) in [6.45, 7) is 12.6. The second-order valence-corrected chi connectivity index (χ2v) is 8.63. The molecule has 132 valence electrons. The van der Waals surface area contributed by atoms with E-state index in [1.54, 1.807) is 0 Å². The number of nitriles is 1. The van der Waals surface area contributed by atoms with E-state index in [2.05, 4.69) is 40.7 Å². The summed E-state index contributed by atoms with van der Waals surface area (Å²) < 4.78 is 0. The Morgan fingerprint density at radius 3 is 2.04 bits per heavy atom. The van der Waals surface area contributed by atoms with Crippen LogP contribution in [0.4, 0.5) is 0 Å². The van der Waals surface area contributed by atoms with Crippen LogP contribution < -0.4 is 0 Å². The number of nitrogens with zero attached hydrogens (tertiary/aromatic N) is 1. The highest BCUT2D eigenvalue weighted by Gasteiger charge is 2.31. The molecule has 0 fully saturated rings. The molecular formula is C23H29NO. The first-order valence-electron chi connectivity index (χ1n) is 8.85. The summed E-state index contributed by atoms with van der Waals surface area (Å²) in [5.41, 5.74) is 3.65. The van der Waals surface area contributed by atoms with Crippen molar-refractivity contribution >= 4 is 0 Å². The van der Waals surface area contributed by atoms with Gasteiger partial charge in [0.25, 0.3) is 0 Å². The predicted molar refractivity (Wildman–Crippen MR) is 104 cm³/mol. The summed E-state index contributed by atoms with van der Waals surface area (Å²) in [4.78, 5) is 0. The Hall–Kier alpha value is -2.27. The summed E-state index contributed by atoms with van der Waals surface area (Å²) in [5, 5.41) is 20.6.